The molecule has 0 bridgehead atoms. The lowest BCUT2D eigenvalue weighted by Gasteiger charge is -2.01. The van der Waals surface area contributed by atoms with Crippen LogP contribution in [0.15, 0.2) is 42.7 Å². The van der Waals surface area contributed by atoms with E-state index in [9.17, 15) is 4.79 Å². The predicted molar refractivity (Wildman–Crippen MR) is 81.6 cm³/mol. The van der Waals surface area contributed by atoms with Crippen molar-refractivity contribution >= 4 is 12.0 Å². The number of aromatic nitrogens is 2. The van der Waals surface area contributed by atoms with Crippen LogP contribution < -0.4 is 10.1 Å². The number of nitriles is 1. The number of ether oxygens (including phenoxy) is 1. The summed E-state index contributed by atoms with van der Waals surface area (Å²) in [4.78, 5) is 11.7. The van der Waals surface area contributed by atoms with Crippen LogP contribution in [0.1, 0.15) is 11.1 Å². The van der Waals surface area contributed by atoms with Gasteiger partial charge in [-0.2, -0.15) is 10.4 Å². The Bertz CT molecular complexity index is 696. The van der Waals surface area contributed by atoms with Gasteiger partial charge in [0.15, 0.2) is 6.61 Å². The standard InChI is InChI=1S/C16H16N4O2/c1-20-12-14(11-19-20)10-18-16(21)7-4-13-2-5-15(6-3-13)22-9-8-17/h2-7,11-12H,9-10H2,1H3,(H,18,21)/b7-4+. The molecule has 0 atom stereocenters. The highest BCUT2D eigenvalue weighted by atomic mass is 16.5. The van der Waals surface area contributed by atoms with Gasteiger partial charge in [0.25, 0.3) is 0 Å². The molecule has 2 rings (SSSR count). The van der Waals surface area contributed by atoms with Crippen molar-refractivity contribution in [1.29, 1.82) is 5.26 Å². The van der Waals surface area contributed by atoms with Crippen molar-refractivity contribution in [3.05, 3.63) is 53.9 Å². The highest BCUT2D eigenvalue weighted by Gasteiger charge is 1.99. The number of rotatable bonds is 6. The Kier molecular flexibility index (Phi) is 5.32. The zero-order valence-corrected chi connectivity index (χ0v) is 12.2. The quantitative estimate of drug-likeness (QED) is 0.822. The molecule has 0 aliphatic rings. The van der Waals surface area contributed by atoms with E-state index in [-0.39, 0.29) is 12.5 Å². The molecule has 1 heterocycles. The monoisotopic (exact) mass is 296 g/mol. The van der Waals surface area contributed by atoms with Gasteiger partial charge in [0, 0.05) is 31.4 Å². The molecule has 6 nitrogen and oxygen atoms in total. The van der Waals surface area contributed by atoms with Crippen LogP contribution in [-0.4, -0.2) is 22.3 Å². The van der Waals surface area contributed by atoms with Crippen molar-refractivity contribution in [2.24, 2.45) is 7.05 Å². The molecule has 1 aromatic heterocycles. The maximum atomic E-state index is 11.7. The third kappa shape index (κ3) is 4.80. The minimum atomic E-state index is -0.173. The summed E-state index contributed by atoms with van der Waals surface area (Å²) in [5.74, 6) is 0.452. The van der Waals surface area contributed by atoms with Gasteiger partial charge in [0.05, 0.1) is 6.20 Å². The van der Waals surface area contributed by atoms with E-state index in [1.165, 1.54) is 6.08 Å². The van der Waals surface area contributed by atoms with Gasteiger partial charge >= 0.3 is 0 Å². The highest BCUT2D eigenvalue weighted by molar-refractivity contribution is 5.91. The first-order chi connectivity index (χ1) is 10.7. The molecule has 0 saturated heterocycles. The zero-order chi connectivity index (χ0) is 15.8. The number of hydrogen-bond acceptors (Lipinski definition) is 4. The molecule has 1 N–H and O–H groups in total. The van der Waals surface area contributed by atoms with Crippen LogP contribution in [0.2, 0.25) is 0 Å². The van der Waals surface area contributed by atoms with Crippen LogP contribution in [-0.2, 0) is 18.4 Å². The molecule has 0 unspecified atom stereocenters. The Morgan fingerprint density at radius 2 is 2.23 bits per heavy atom. The molecule has 112 valence electrons. The molecule has 1 amide bonds. The van der Waals surface area contributed by atoms with Gasteiger partial charge in [-0.15, -0.1) is 0 Å². The molecule has 0 radical (unpaired) electrons. The Morgan fingerprint density at radius 3 is 2.86 bits per heavy atom. The van der Waals surface area contributed by atoms with Crippen LogP contribution in [0.4, 0.5) is 0 Å². The Morgan fingerprint density at radius 1 is 1.45 bits per heavy atom. The highest BCUT2D eigenvalue weighted by Crippen LogP contribution is 2.12. The van der Waals surface area contributed by atoms with Gasteiger partial charge in [-0.05, 0) is 23.8 Å². The molecule has 22 heavy (non-hydrogen) atoms. The lowest BCUT2D eigenvalue weighted by molar-refractivity contribution is -0.116. The average molecular weight is 296 g/mol. The summed E-state index contributed by atoms with van der Waals surface area (Å²) in [5.41, 5.74) is 1.82. The summed E-state index contributed by atoms with van der Waals surface area (Å²) in [6, 6.07) is 9.05. The van der Waals surface area contributed by atoms with Gasteiger partial charge in [0.2, 0.25) is 5.91 Å². The minimum absolute atomic E-state index is 0.0198. The fourth-order valence-electron chi connectivity index (χ4n) is 1.77. The number of nitrogens with one attached hydrogen (secondary N) is 1. The first-order valence-electron chi connectivity index (χ1n) is 6.70. The van der Waals surface area contributed by atoms with E-state index in [2.05, 4.69) is 10.4 Å². The number of nitrogens with zero attached hydrogens (tertiary/aromatic N) is 3. The van der Waals surface area contributed by atoms with Gasteiger partial charge in [-0.1, -0.05) is 12.1 Å². The molecule has 0 aliphatic heterocycles. The third-order valence-electron chi connectivity index (χ3n) is 2.84. The van der Waals surface area contributed by atoms with E-state index >= 15 is 0 Å². The summed E-state index contributed by atoms with van der Waals surface area (Å²) in [6.07, 6.45) is 6.75. The molecule has 2 aromatic rings. The summed E-state index contributed by atoms with van der Waals surface area (Å²) >= 11 is 0. The average Bonchev–Trinajstić information content (AvgIpc) is 2.95. The molecule has 6 heteroatoms. The first kappa shape index (κ1) is 15.3. The maximum absolute atomic E-state index is 11.7. The minimum Gasteiger partial charge on any atom is -0.479 e. The van der Waals surface area contributed by atoms with Crippen molar-refractivity contribution in [3.8, 4) is 11.8 Å². The maximum Gasteiger partial charge on any atom is 0.244 e. The lowest BCUT2D eigenvalue weighted by atomic mass is 10.2. The summed E-state index contributed by atoms with van der Waals surface area (Å²) in [7, 11) is 1.83. The second-order valence-electron chi connectivity index (χ2n) is 4.59. The Labute approximate surface area is 128 Å². The summed E-state index contributed by atoms with van der Waals surface area (Å²) < 4.78 is 6.84. The van der Waals surface area contributed by atoms with Crippen molar-refractivity contribution in [3.63, 3.8) is 0 Å². The number of benzene rings is 1. The number of amides is 1. The molecule has 0 saturated carbocycles. The Balaban J connectivity index is 1.82. The van der Waals surface area contributed by atoms with Gasteiger partial charge in [0.1, 0.15) is 11.8 Å². The molecular formula is C16H16N4O2. The largest absolute Gasteiger partial charge is 0.479 e. The van der Waals surface area contributed by atoms with Crippen molar-refractivity contribution in [2.45, 2.75) is 6.54 Å². The van der Waals surface area contributed by atoms with Gasteiger partial charge in [-0.25, -0.2) is 0 Å². The van der Waals surface area contributed by atoms with Crippen LogP contribution >= 0.6 is 0 Å². The van der Waals surface area contributed by atoms with Crippen molar-refractivity contribution in [2.75, 3.05) is 6.61 Å². The zero-order valence-electron chi connectivity index (χ0n) is 12.2. The Hall–Kier alpha value is -3.07. The van der Waals surface area contributed by atoms with Crippen LogP contribution in [0.5, 0.6) is 5.75 Å². The summed E-state index contributed by atoms with van der Waals surface area (Å²) in [6.45, 7) is 0.462. The van der Waals surface area contributed by atoms with Crippen molar-refractivity contribution < 1.29 is 9.53 Å². The molecule has 0 spiro atoms. The second kappa shape index (κ2) is 7.64. The number of carbonyl (C=O) groups is 1. The van der Waals surface area contributed by atoms with E-state index in [4.69, 9.17) is 10.00 Å². The SMILES string of the molecule is Cn1cc(CNC(=O)/C=C/c2ccc(OCC#N)cc2)cn1. The molecule has 0 fully saturated rings. The van der Waals surface area contributed by atoms with E-state index in [0.717, 1.165) is 11.1 Å². The lowest BCUT2D eigenvalue weighted by Crippen LogP contribution is -2.19. The fourth-order valence-corrected chi connectivity index (χ4v) is 1.77. The van der Waals surface area contributed by atoms with Gasteiger partial charge < -0.3 is 10.1 Å². The van der Waals surface area contributed by atoms with Crippen LogP contribution in [0, 0.1) is 11.3 Å². The van der Waals surface area contributed by atoms with Crippen LogP contribution in [0.3, 0.4) is 0 Å². The molecule has 0 aliphatic carbocycles. The smallest absolute Gasteiger partial charge is 0.244 e. The van der Waals surface area contributed by atoms with E-state index in [0.29, 0.717) is 12.3 Å². The molecule has 1 aromatic carbocycles. The number of aryl methyl sites for hydroxylation is 1. The summed E-state index contributed by atoms with van der Waals surface area (Å²) in [5, 5.41) is 15.2. The topological polar surface area (TPSA) is 79.9 Å². The normalized spacial score (nSPS) is 10.4. The van der Waals surface area contributed by atoms with Crippen LogP contribution in [0.25, 0.3) is 6.08 Å². The van der Waals surface area contributed by atoms with Crippen molar-refractivity contribution in [1.82, 2.24) is 15.1 Å². The first-order valence-corrected chi connectivity index (χ1v) is 6.70. The van der Waals surface area contributed by atoms with E-state index in [1.807, 2.05) is 31.4 Å². The fraction of sp³-hybridized carbons (Fsp3) is 0.188. The van der Waals surface area contributed by atoms with Gasteiger partial charge in [-0.3, -0.25) is 9.48 Å². The van der Waals surface area contributed by atoms with E-state index < -0.39 is 0 Å². The number of hydrogen-bond donors (Lipinski definition) is 1. The predicted octanol–water partition coefficient (Wildman–Crippen LogP) is 1.65. The molecular weight excluding hydrogens is 280 g/mol. The third-order valence-corrected chi connectivity index (χ3v) is 2.84. The second-order valence-corrected chi connectivity index (χ2v) is 4.59. The van der Waals surface area contributed by atoms with E-state index in [1.54, 1.807) is 29.1 Å². The number of carbonyl (C=O) groups excluding carboxylic acids is 1.